The molecule has 2 aliphatic rings. The molecular formula is C25H30ClN5O6S. The molecule has 2 aliphatic heterocycles. The summed E-state index contributed by atoms with van der Waals surface area (Å²) in [4.78, 5) is 55.3. The van der Waals surface area contributed by atoms with E-state index in [2.05, 4.69) is 0 Å². The van der Waals surface area contributed by atoms with Gasteiger partial charge in [0.25, 0.3) is 5.91 Å². The first-order chi connectivity index (χ1) is 17.9. The first-order valence-corrected chi connectivity index (χ1v) is 14.0. The van der Waals surface area contributed by atoms with Crippen molar-refractivity contribution in [3.05, 3.63) is 41.4 Å². The lowest BCUT2D eigenvalue weighted by Crippen LogP contribution is -2.53. The van der Waals surface area contributed by atoms with E-state index in [4.69, 9.17) is 17.3 Å². The van der Waals surface area contributed by atoms with E-state index in [0.717, 1.165) is 14.6 Å². The fourth-order valence-corrected chi connectivity index (χ4v) is 6.75. The minimum Gasteiger partial charge on any atom is -0.369 e. The summed E-state index contributed by atoms with van der Waals surface area (Å²) in [6, 6.07) is 7.21. The zero-order valence-corrected chi connectivity index (χ0v) is 22.7. The van der Waals surface area contributed by atoms with Crippen molar-refractivity contribution >= 4 is 56.0 Å². The topological polar surface area (TPSA) is 141 Å². The Morgan fingerprint density at radius 2 is 1.79 bits per heavy atom. The number of carbonyl (C=O) groups is 4. The van der Waals surface area contributed by atoms with Crippen LogP contribution in [-0.4, -0.2) is 103 Å². The largest absolute Gasteiger partial charge is 0.369 e. The van der Waals surface area contributed by atoms with Crippen LogP contribution in [-0.2, 0) is 29.2 Å². The number of nitrogens with zero attached hydrogens (tertiary/aromatic N) is 4. The molecule has 2 heterocycles. The number of halogens is 1. The Morgan fingerprint density at radius 1 is 1.11 bits per heavy atom. The Hall–Kier alpha value is -3.06. The smallest absolute Gasteiger partial charge is 0.251 e. The van der Waals surface area contributed by atoms with Crippen LogP contribution in [0.1, 0.15) is 19.8 Å². The zero-order valence-electron chi connectivity index (χ0n) is 21.2. The van der Waals surface area contributed by atoms with Gasteiger partial charge >= 0.3 is 0 Å². The van der Waals surface area contributed by atoms with Crippen molar-refractivity contribution < 1.29 is 27.6 Å². The van der Waals surface area contributed by atoms with Crippen molar-refractivity contribution in [3.63, 3.8) is 0 Å². The summed E-state index contributed by atoms with van der Waals surface area (Å²) in [6.07, 6.45) is 0.669. The van der Waals surface area contributed by atoms with Gasteiger partial charge in [-0.15, -0.1) is 0 Å². The molecule has 204 valence electrons. The van der Waals surface area contributed by atoms with Crippen LogP contribution in [0.4, 0.5) is 0 Å². The second-order valence-corrected chi connectivity index (χ2v) is 12.0. The third-order valence-electron chi connectivity index (χ3n) is 6.97. The highest BCUT2D eigenvalue weighted by Gasteiger charge is 2.46. The molecule has 0 saturated carbocycles. The van der Waals surface area contributed by atoms with Crippen molar-refractivity contribution in [2.75, 3.05) is 39.8 Å². The van der Waals surface area contributed by atoms with Gasteiger partial charge in [0, 0.05) is 24.7 Å². The molecule has 0 aromatic heterocycles. The van der Waals surface area contributed by atoms with Gasteiger partial charge in [-0.05, 0) is 61.9 Å². The minimum atomic E-state index is -4.33. The molecule has 0 spiro atoms. The number of amides is 4. The second-order valence-electron chi connectivity index (χ2n) is 9.66. The maximum atomic E-state index is 13.7. The Labute approximate surface area is 226 Å². The number of benzene rings is 2. The molecule has 0 aliphatic carbocycles. The lowest BCUT2D eigenvalue weighted by atomic mass is 10.1. The molecule has 0 bridgehead atoms. The van der Waals surface area contributed by atoms with Crippen molar-refractivity contribution in [2.24, 2.45) is 5.73 Å². The van der Waals surface area contributed by atoms with Crippen LogP contribution < -0.4 is 5.73 Å². The molecule has 4 rings (SSSR count). The Kier molecular flexibility index (Phi) is 8.07. The van der Waals surface area contributed by atoms with E-state index < -0.39 is 46.4 Å². The predicted molar refractivity (Wildman–Crippen MR) is 140 cm³/mol. The number of likely N-dealkylation sites (tertiary alicyclic amines) is 1. The summed E-state index contributed by atoms with van der Waals surface area (Å²) >= 11 is 6.02. The molecule has 0 unspecified atom stereocenters. The van der Waals surface area contributed by atoms with Gasteiger partial charge in [0.05, 0.1) is 18.0 Å². The van der Waals surface area contributed by atoms with Crippen molar-refractivity contribution in [1.82, 2.24) is 19.0 Å². The fraction of sp³-hybridized carbons (Fsp3) is 0.440. The van der Waals surface area contributed by atoms with E-state index >= 15 is 0 Å². The van der Waals surface area contributed by atoms with Gasteiger partial charge in [0.15, 0.2) is 0 Å². The van der Waals surface area contributed by atoms with Crippen LogP contribution in [0.25, 0.3) is 10.8 Å². The number of imide groups is 1. The monoisotopic (exact) mass is 563 g/mol. The van der Waals surface area contributed by atoms with Gasteiger partial charge < -0.3 is 10.6 Å². The minimum absolute atomic E-state index is 0.0584. The average molecular weight is 564 g/mol. The average Bonchev–Trinajstić information content (AvgIpc) is 3.14. The van der Waals surface area contributed by atoms with E-state index in [1.807, 2.05) is 4.90 Å². The lowest BCUT2D eigenvalue weighted by Gasteiger charge is -2.30. The van der Waals surface area contributed by atoms with Crippen LogP contribution in [0.3, 0.4) is 0 Å². The lowest BCUT2D eigenvalue weighted by molar-refractivity contribution is -0.151. The highest BCUT2D eigenvalue weighted by atomic mass is 35.5. The van der Waals surface area contributed by atoms with Crippen LogP contribution >= 0.6 is 11.6 Å². The number of rotatable bonds is 7. The summed E-state index contributed by atoms with van der Waals surface area (Å²) in [6.45, 7) is 1.90. The molecule has 11 nitrogen and oxygen atoms in total. The highest BCUT2D eigenvalue weighted by molar-refractivity contribution is 7.89. The normalized spacial score (nSPS) is 20.3. The quantitative estimate of drug-likeness (QED) is 0.521. The highest BCUT2D eigenvalue weighted by Crippen LogP contribution is 2.29. The molecular weight excluding hydrogens is 534 g/mol. The third kappa shape index (κ3) is 5.53. The summed E-state index contributed by atoms with van der Waals surface area (Å²) < 4.78 is 28.2. The molecule has 4 amide bonds. The number of fused-ring (bicyclic) bond motifs is 1. The Morgan fingerprint density at radius 3 is 2.50 bits per heavy atom. The van der Waals surface area contributed by atoms with E-state index in [0.29, 0.717) is 23.4 Å². The molecule has 2 fully saturated rings. The summed E-state index contributed by atoms with van der Waals surface area (Å²) in [7, 11) is -2.53. The standard InChI is InChI=1S/C25H30ClN5O6S/c1-16(24(34)30-10-3-9-28(2)15-23(30)33)29-11-8-21(25(29)35)31(14-22(27)32)38(36,37)20-7-5-17-12-19(26)6-4-18(17)13-20/h4-7,12-13,16,21H,3,8-11,14-15H2,1-2H3,(H2,27,32)/t16-,21-/m0/s1. The second kappa shape index (κ2) is 11.0. The first-order valence-electron chi connectivity index (χ1n) is 12.2. The van der Waals surface area contributed by atoms with Crippen LogP contribution in [0.5, 0.6) is 0 Å². The van der Waals surface area contributed by atoms with E-state index in [1.165, 1.54) is 24.0 Å². The Bertz CT molecular complexity index is 1400. The van der Waals surface area contributed by atoms with E-state index in [9.17, 15) is 27.6 Å². The third-order valence-corrected chi connectivity index (χ3v) is 9.06. The summed E-state index contributed by atoms with van der Waals surface area (Å²) in [5.74, 6) is -2.41. The number of primary amides is 1. The number of nitrogens with two attached hydrogens (primary N) is 1. The molecule has 2 aromatic carbocycles. The molecule has 2 saturated heterocycles. The van der Waals surface area contributed by atoms with Crippen LogP contribution in [0.15, 0.2) is 41.3 Å². The maximum Gasteiger partial charge on any atom is 0.251 e. The number of likely N-dealkylation sites (N-methyl/N-ethyl adjacent to an activating group) is 1. The number of hydrogen-bond acceptors (Lipinski definition) is 7. The van der Waals surface area contributed by atoms with Gasteiger partial charge in [-0.2, -0.15) is 4.31 Å². The van der Waals surface area contributed by atoms with Gasteiger partial charge in [-0.1, -0.05) is 23.7 Å². The predicted octanol–water partition coefficient (Wildman–Crippen LogP) is 0.649. The number of carbonyl (C=O) groups excluding carboxylic acids is 4. The van der Waals surface area contributed by atoms with Gasteiger partial charge in [-0.3, -0.25) is 29.0 Å². The molecule has 2 aromatic rings. The fourth-order valence-electron chi connectivity index (χ4n) is 4.96. The van der Waals surface area contributed by atoms with E-state index in [-0.39, 0.29) is 36.9 Å². The van der Waals surface area contributed by atoms with Crippen LogP contribution in [0, 0.1) is 0 Å². The Balaban J connectivity index is 1.59. The molecule has 38 heavy (non-hydrogen) atoms. The maximum absolute atomic E-state index is 13.7. The zero-order chi connectivity index (χ0) is 27.8. The molecule has 0 radical (unpaired) electrons. The van der Waals surface area contributed by atoms with Crippen molar-refractivity contribution in [1.29, 1.82) is 0 Å². The summed E-state index contributed by atoms with van der Waals surface area (Å²) in [5.41, 5.74) is 5.38. The van der Waals surface area contributed by atoms with Gasteiger partial charge in [0.2, 0.25) is 27.7 Å². The van der Waals surface area contributed by atoms with Crippen molar-refractivity contribution in [3.8, 4) is 0 Å². The van der Waals surface area contributed by atoms with E-state index in [1.54, 1.807) is 31.3 Å². The van der Waals surface area contributed by atoms with Gasteiger partial charge in [0.1, 0.15) is 12.1 Å². The molecule has 2 N–H and O–H groups in total. The first kappa shape index (κ1) is 28.0. The molecule has 2 atom stereocenters. The van der Waals surface area contributed by atoms with Crippen molar-refractivity contribution in [2.45, 2.75) is 36.7 Å². The number of hydrogen-bond donors (Lipinski definition) is 1. The number of sulfonamides is 1. The summed E-state index contributed by atoms with van der Waals surface area (Å²) in [5, 5.41) is 1.83. The van der Waals surface area contributed by atoms with Gasteiger partial charge in [-0.25, -0.2) is 8.42 Å². The SMILES string of the molecule is C[C@@H](C(=O)N1CCCN(C)CC1=O)N1CC[C@H](N(CC(N)=O)S(=O)(=O)c2ccc3cc(Cl)ccc3c2)C1=O. The van der Waals surface area contributed by atoms with Crippen LogP contribution in [0.2, 0.25) is 5.02 Å². The molecule has 13 heteroatoms.